The molecule has 0 bridgehead atoms. The van der Waals surface area contributed by atoms with E-state index in [0.29, 0.717) is 11.4 Å². The zero-order valence-electron chi connectivity index (χ0n) is 9.08. The van der Waals surface area contributed by atoms with Crippen LogP contribution in [-0.4, -0.2) is 23.1 Å². The van der Waals surface area contributed by atoms with E-state index >= 15 is 0 Å². The average Bonchev–Trinajstić information content (AvgIpc) is 2.26. The van der Waals surface area contributed by atoms with Gasteiger partial charge in [-0.2, -0.15) is 0 Å². The zero-order valence-corrected chi connectivity index (χ0v) is 9.08. The number of hydrogen-bond acceptors (Lipinski definition) is 5. The van der Waals surface area contributed by atoms with Gasteiger partial charge in [0.2, 0.25) is 0 Å². The maximum Gasteiger partial charge on any atom is 0.257 e. The summed E-state index contributed by atoms with van der Waals surface area (Å²) in [6, 6.07) is 3.47. The Morgan fingerprint density at radius 3 is 3.00 bits per heavy atom. The van der Waals surface area contributed by atoms with E-state index in [2.05, 4.69) is 10.3 Å². The Balaban J connectivity index is 2.70. The number of ether oxygens (including phenoxy) is 1. The number of nitrogens with zero attached hydrogens (tertiary/aromatic N) is 2. The molecule has 0 aliphatic rings. The van der Waals surface area contributed by atoms with E-state index in [9.17, 15) is 10.1 Å². The summed E-state index contributed by atoms with van der Waals surface area (Å²) in [7, 11) is 1.61. The number of likely N-dealkylation sites (N-methyl/N-ethyl adjacent to an activating group) is 1. The molecule has 1 aromatic rings. The Bertz CT molecular complexity index is 378. The Morgan fingerprint density at radius 1 is 1.75 bits per heavy atom. The molecule has 1 aromatic heterocycles. The van der Waals surface area contributed by atoms with E-state index in [1.165, 1.54) is 0 Å². The highest BCUT2D eigenvalue weighted by molar-refractivity contribution is 5.17. The summed E-state index contributed by atoms with van der Waals surface area (Å²) in [4.78, 5) is 13.7. The van der Waals surface area contributed by atoms with Crippen LogP contribution in [0.5, 0.6) is 5.75 Å². The molecule has 0 aliphatic heterocycles. The molecule has 1 unspecified atom stereocenters. The number of hydrogen-bond donors (Lipinski definition) is 1. The second-order valence-electron chi connectivity index (χ2n) is 3.07. The summed E-state index contributed by atoms with van der Waals surface area (Å²) in [5.74, 6) is 0.569. The van der Waals surface area contributed by atoms with Gasteiger partial charge >= 0.3 is 0 Å². The van der Waals surface area contributed by atoms with Crippen molar-refractivity contribution in [1.29, 1.82) is 0 Å². The molecular weight excluding hydrogens is 210 g/mol. The molecule has 16 heavy (non-hydrogen) atoms. The minimum Gasteiger partial charge on any atom is -0.483 e. The van der Waals surface area contributed by atoms with Crippen molar-refractivity contribution in [3.8, 4) is 5.75 Å². The summed E-state index contributed by atoms with van der Waals surface area (Å²) < 4.78 is 5.47. The zero-order chi connectivity index (χ0) is 12.0. The monoisotopic (exact) mass is 223 g/mol. The van der Waals surface area contributed by atoms with Crippen LogP contribution >= 0.6 is 0 Å². The van der Waals surface area contributed by atoms with Gasteiger partial charge in [-0.25, -0.2) is 0 Å². The van der Waals surface area contributed by atoms with E-state index in [4.69, 9.17) is 4.74 Å². The topological polar surface area (TPSA) is 77.3 Å². The molecule has 0 aliphatic carbocycles. The number of aromatic nitrogens is 1. The first-order chi connectivity index (χ1) is 7.63. The normalized spacial score (nSPS) is 13.0. The molecular formula is C10H13N3O3. The first-order valence-electron chi connectivity index (χ1n) is 4.73. The SMILES string of the molecule is CN/C(=C\[N+](=O)[O-])C(C)Oc1cccnc1. The van der Waals surface area contributed by atoms with E-state index < -0.39 is 11.0 Å². The molecule has 1 rings (SSSR count). The van der Waals surface area contributed by atoms with E-state index in [-0.39, 0.29) is 0 Å². The number of rotatable bonds is 5. The third kappa shape index (κ3) is 3.56. The lowest BCUT2D eigenvalue weighted by Crippen LogP contribution is -2.24. The van der Waals surface area contributed by atoms with Crippen LogP contribution in [0.15, 0.2) is 36.4 Å². The van der Waals surface area contributed by atoms with Crippen LogP contribution in [0.1, 0.15) is 6.92 Å². The van der Waals surface area contributed by atoms with Crippen molar-refractivity contribution in [2.45, 2.75) is 13.0 Å². The van der Waals surface area contributed by atoms with Crippen LogP contribution in [0.25, 0.3) is 0 Å². The minimum absolute atomic E-state index is 0.397. The molecule has 86 valence electrons. The molecule has 0 saturated carbocycles. The Morgan fingerprint density at radius 2 is 2.50 bits per heavy atom. The summed E-state index contributed by atoms with van der Waals surface area (Å²) in [6.07, 6.45) is 3.64. The second kappa shape index (κ2) is 5.69. The van der Waals surface area contributed by atoms with Gasteiger partial charge in [-0.1, -0.05) is 0 Å². The third-order valence-corrected chi connectivity index (χ3v) is 1.92. The van der Waals surface area contributed by atoms with Crippen molar-refractivity contribution in [2.24, 2.45) is 0 Å². The largest absolute Gasteiger partial charge is 0.483 e. The van der Waals surface area contributed by atoms with Crippen molar-refractivity contribution >= 4 is 0 Å². The van der Waals surface area contributed by atoms with Gasteiger partial charge in [0.15, 0.2) is 0 Å². The van der Waals surface area contributed by atoms with Crippen molar-refractivity contribution in [1.82, 2.24) is 10.3 Å². The summed E-state index contributed by atoms with van der Waals surface area (Å²) in [6.45, 7) is 1.72. The Kier molecular flexibility index (Phi) is 4.26. The van der Waals surface area contributed by atoms with Crippen molar-refractivity contribution < 1.29 is 9.66 Å². The van der Waals surface area contributed by atoms with E-state index in [0.717, 1.165) is 6.20 Å². The molecule has 0 radical (unpaired) electrons. The molecule has 0 aromatic carbocycles. The van der Waals surface area contributed by atoms with Crippen LogP contribution in [0.3, 0.4) is 0 Å². The second-order valence-corrected chi connectivity index (χ2v) is 3.07. The van der Waals surface area contributed by atoms with Crippen molar-refractivity contribution in [3.05, 3.63) is 46.5 Å². The highest BCUT2D eigenvalue weighted by Gasteiger charge is 2.12. The lowest BCUT2D eigenvalue weighted by molar-refractivity contribution is -0.404. The first-order valence-corrected chi connectivity index (χ1v) is 4.73. The number of pyridine rings is 1. The highest BCUT2D eigenvalue weighted by Crippen LogP contribution is 2.12. The first kappa shape index (κ1) is 12.0. The summed E-state index contributed by atoms with van der Waals surface area (Å²) in [5.41, 5.74) is 0.397. The van der Waals surface area contributed by atoms with Crippen LogP contribution in [0.2, 0.25) is 0 Å². The van der Waals surface area contributed by atoms with Gasteiger partial charge in [0.1, 0.15) is 17.6 Å². The summed E-state index contributed by atoms with van der Waals surface area (Å²) >= 11 is 0. The Hall–Kier alpha value is -2.11. The number of nitro groups is 1. The van der Waals surface area contributed by atoms with Gasteiger partial charge in [0, 0.05) is 13.2 Å². The molecule has 0 spiro atoms. The lowest BCUT2D eigenvalue weighted by Gasteiger charge is -2.15. The maximum absolute atomic E-state index is 10.3. The number of nitrogens with one attached hydrogen (secondary N) is 1. The molecule has 6 nitrogen and oxygen atoms in total. The molecule has 1 atom stereocenters. The maximum atomic E-state index is 10.3. The molecule has 6 heteroatoms. The predicted molar refractivity (Wildman–Crippen MR) is 58.5 cm³/mol. The summed E-state index contributed by atoms with van der Waals surface area (Å²) in [5, 5.41) is 13.1. The van der Waals surface area contributed by atoms with Gasteiger partial charge in [-0.15, -0.1) is 0 Å². The molecule has 0 fully saturated rings. The fraction of sp³-hybridized carbons (Fsp3) is 0.300. The Labute approximate surface area is 93.1 Å². The standard InChI is InChI=1S/C10H13N3O3/c1-8(10(11-2)7-13(14)15)16-9-4-3-5-12-6-9/h3-8,11H,1-2H3/b10-7-. The molecule has 1 heterocycles. The van der Waals surface area contributed by atoms with E-state index in [1.54, 1.807) is 38.5 Å². The van der Waals surface area contributed by atoms with Gasteiger partial charge in [-0.05, 0) is 19.1 Å². The fourth-order valence-electron chi connectivity index (χ4n) is 1.17. The molecule has 1 N–H and O–H groups in total. The highest BCUT2D eigenvalue weighted by atomic mass is 16.6. The van der Waals surface area contributed by atoms with E-state index in [1.807, 2.05) is 0 Å². The van der Waals surface area contributed by atoms with Crippen LogP contribution < -0.4 is 10.1 Å². The quantitative estimate of drug-likeness (QED) is 0.599. The van der Waals surface area contributed by atoms with Crippen molar-refractivity contribution in [2.75, 3.05) is 7.05 Å². The minimum atomic E-state index is -0.519. The molecule has 0 saturated heterocycles. The van der Waals surface area contributed by atoms with Crippen molar-refractivity contribution in [3.63, 3.8) is 0 Å². The van der Waals surface area contributed by atoms with Crippen LogP contribution in [0.4, 0.5) is 0 Å². The average molecular weight is 223 g/mol. The smallest absolute Gasteiger partial charge is 0.257 e. The van der Waals surface area contributed by atoms with Gasteiger partial charge in [-0.3, -0.25) is 15.1 Å². The fourth-order valence-corrected chi connectivity index (χ4v) is 1.17. The van der Waals surface area contributed by atoms with Crippen LogP contribution in [-0.2, 0) is 0 Å². The lowest BCUT2D eigenvalue weighted by atomic mass is 10.3. The van der Waals surface area contributed by atoms with Crippen LogP contribution in [0, 0.1) is 10.1 Å². The van der Waals surface area contributed by atoms with Gasteiger partial charge < -0.3 is 10.1 Å². The van der Waals surface area contributed by atoms with Gasteiger partial charge in [0.25, 0.3) is 6.20 Å². The third-order valence-electron chi connectivity index (χ3n) is 1.92. The predicted octanol–water partition coefficient (Wildman–Crippen LogP) is 1.19. The molecule has 0 amide bonds. The van der Waals surface area contributed by atoms with Gasteiger partial charge in [0.05, 0.1) is 11.1 Å².